The summed E-state index contributed by atoms with van der Waals surface area (Å²) in [6.45, 7) is 4.19. The topological polar surface area (TPSA) is 26.0 Å². The van der Waals surface area contributed by atoms with E-state index in [1.54, 1.807) is 0 Å². The second-order valence-electron chi connectivity index (χ2n) is 4.24. The van der Waals surface area contributed by atoms with Crippen molar-refractivity contribution in [2.45, 2.75) is 25.0 Å². The van der Waals surface area contributed by atoms with E-state index < -0.39 is 0 Å². The number of hydrogen-bond acceptors (Lipinski definition) is 3. The number of nitrogens with zero attached hydrogens (tertiary/aromatic N) is 1. The maximum absolute atomic E-state index is 5.47. The van der Waals surface area contributed by atoms with Gasteiger partial charge in [-0.15, -0.1) is 0 Å². The van der Waals surface area contributed by atoms with Gasteiger partial charge >= 0.3 is 0 Å². The second kappa shape index (κ2) is 3.01. The van der Waals surface area contributed by atoms with Crippen LogP contribution in [0.1, 0.15) is 24.8 Å². The predicted molar refractivity (Wildman–Crippen MR) is 63.2 cm³/mol. The molecule has 1 aromatic heterocycles. The maximum atomic E-state index is 5.47. The first kappa shape index (κ1) is 9.28. The minimum Gasteiger partial charge on any atom is -0.441 e. The van der Waals surface area contributed by atoms with Gasteiger partial charge in [0.25, 0.3) is 0 Å². The molecule has 0 radical (unpaired) electrons. The number of hydrogen-bond donors (Lipinski definition) is 0. The Labute approximate surface area is 93.1 Å². The number of aromatic nitrogens is 1. The Balaban J connectivity index is 2.13. The number of thioether (sulfide) groups is 1. The summed E-state index contributed by atoms with van der Waals surface area (Å²) in [5.74, 6) is 2.01. The van der Waals surface area contributed by atoms with Crippen molar-refractivity contribution in [2.24, 2.45) is 0 Å². The van der Waals surface area contributed by atoms with Crippen molar-refractivity contribution in [3.8, 4) is 0 Å². The van der Waals surface area contributed by atoms with Crippen LogP contribution >= 0.6 is 11.8 Å². The first-order valence-electron chi connectivity index (χ1n) is 5.19. The van der Waals surface area contributed by atoms with Crippen molar-refractivity contribution in [1.82, 2.24) is 4.98 Å². The van der Waals surface area contributed by atoms with Gasteiger partial charge in [0.15, 0.2) is 11.5 Å². The van der Waals surface area contributed by atoms with Gasteiger partial charge in [0.1, 0.15) is 5.52 Å². The van der Waals surface area contributed by atoms with E-state index in [0.717, 1.165) is 17.0 Å². The molecule has 0 amide bonds. The number of oxazole rings is 1. The first-order valence-corrected chi connectivity index (χ1v) is 6.18. The van der Waals surface area contributed by atoms with Gasteiger partial charge in [-0.2, -0.15) is 11.8 Å². The summed E-state index contributed by atoms with van der Waals surface area (Å²) < 4.78 is 5.78. The molecule has 0 spiro atoms. The quantitative estimate of drug-likeness (QED) is 0.734. The van der Waals surface area contributed by atoms with E-state index in [-0.39, 0.29) is 0 Å². The van der Waals surface area contributed by atoms with Crippen LogP contribution in [0.3, 0.4) is 0 Å². The van der Waals surface area contributed by atoms with E-state index in [1.807, 2.05) is 24.8 Å². The molecule has 1 unspecified atom stereocenters. The molecule has 0 N–H and O–H groups in total. The molecule has 1 aromatic carbocycles. The number of aryl methyl sites for hydroxylation is 1. The highest BCUT2D eigenvalue weighted by molar-refractivity contribution is 8.01. The molecule has 2 heterocycles. The molecule has 78 valence electrons. The van der Waals surface area contributed by atoms with Crippen LogP contribution in [0.4, 0.5) is 0 Å². The zero-order valence-corrected chi connectivity index (χ0v) is 9.73. The van der Waals surface area contributed by atoms with Gasteiger partial charge in [-0.1, -0.05) is 6.07 Å². The monoisotopic (exact) mass is 219 g/mol. The smallest absolute Gasteiger partial charge is 0.192 e. The van der Waals surface area contributed by atoms with Gasteiger partial charge in [0.2, 0.25) is 0 Å². The summed E-state index contributed by atoms with van der Waals surface area (Å²) in [6, 6.07) is 6.37. The van der Waals surface area contributed by atoms with Gasteiger partial charge < -0.3 is 4.42 Å². The highest BCUT2D eigenvalue weighted by Crippen LogP contribution is 2.49. The third-order valence-corrected chi connectivity index (χ3v) is 4.59. The summed E-state index contributed by atoms with van der Waals surface area (Å²) in [7, 11) is 0. The summed E-state index contributed by atoms with van der Waals surface area (Å²) in [4.78, 5) is 4.37. The molecule has 0 aliphatic carbocycles. The maximum Gasteiger partial charge on any atom is 0.192 e. The lowest BCUT2D eigenvalue weighted by atomic mass is 9.96. The third-order valence-electron chi connectivity index (χ3n) is 3.10. The second-order valence-corrected chi connectivity index (χ2v) is 5.84. The summed E-state index contributed by atoms with van der Waals surface area (Å²) >= 11 is 2.02. The van der Waals surface area contributed by atoms with E-state index in [9.17, 15) is 0 Å². The van der Waals surface area contributed by atoms with Crippen LogP contribution in [0.5, 0.6) is 0 Å². The SMILES string of the molecule is Cc1nc2cc(C3(C)CCS3)ccc2o1. The van der Waals surface area contributed by atoms with Crippen LogP contribution in [-0.2, 0) is 4.75 Å². The highest BCUT2D eigenvalue weighted by Gasteiger charge is 2.34. The van der Waals surface area contributed by atoms with Crippen LogP contribution < -0.4 is 0 Å². The Kier molecular flexibility index (Phi) is 1.87. The standard InChI is InChI=1S/C12H13NOS/c1-8-13-10-7-9(3-4-11(10)14-8)12(2)5-6-15-12/h3-4,7H,5-6H2,1-2H3. The lowest BCUT2D eigenvalue weighted by molar-refractivity contribution is 0.561. The predicted octanol–water partition coefficient (Wildman–Crippen LogP) is 3.49. The Morgan fingerprint density at radius 2 is 2.27 bits per heavy atom. The molecule has 1 fully saturated rings. The zero-order chi connectivity index (χ0) is 10.5. The highest BCUT2D eigenvalue weighted by atomic mass is 32.2. The van der Waals surface area contributed by atoms with Gasteiger partial charge in [0, 0.05) is 11.7 Å². The fraction of sp³-hybridized carbons (Fsp3) is 0.417. The lowest BCUT2D eigenvalue weighted by Crippen LogP contribution is -2.27. The molecule has 15 heavy (non-hydrogen) atoms. The number of benzene rings is 1. The van der Waals surface area contributed by atoms with Crippen LogP contribution in [0.25, 0.3) is 11.1 Å². The van der Waals surface area contributed by atoms with Gasteiger partial charge in [-0.05, 0) is 36.8 Å². The van der Waals surface area contributed by atoms with E-state index in [4.69, 9.17) is 4.42 Å². The fourth-order valence-corrected chi connectivity index (χ4v) is 3.12. The Hall–Kier alpha value is -0.960. The molecule has 0 bridgehead atoms. The molecule has 1 atom stereocenters. The minimum absolute atomic E-state index is 0.307. The molecule has 1 aliphatic rings. The fourth-order valence-electron chi connectivity index (χ4n) is 2.01. The Morgan fingerprint density at radius 1 is 1.47 bits per heavy atom. The molecule has 2 aromatic rings. The van der Waals surface area contributed by atoms with Crippen LogP contribution in [0, 0.1) is 6.92 Å². The number of rotatable bonds is 1. The normalized spacial score (nSPS) is 25.5. The molecule has 3 heteroatoms. The Bertz CT molecular complexity index is 513. The van der Waals surface area contributed by atoms with Gasteiger partial charge in [-0.25, -0.2) is 4.98 Å². The van der Waals surface area contributed by atoms with Crippen molar-refractivity contribution >= 4 is 22.9 Å². The van der Waals surface area contributed by atoms with Gasteiger partial charge in [0.05, 0.1) is 0 Å². The van der Waals surface area contributed by atoms with Crippen molar-refractivity contribution in [3.05, 3.63) is 29.7 Å². The van der Waals surface area contributed by atoms with E-state index in [1.165, 1.54) is 17.7 Å². The molecular weight excluding hydrogens is 206 g/mol. The largest absolute Gasteiger partial charge is 0.441 e. The van der Waals surface area contributed by atoms with Crippen molar-refractivity contribution in [3.63, 3.8) is 0 Å². The Morgan fingerprint density at radius 3 is 2.93 bits per heavy atom. The van der Waals surface area contributed by atoms with Crippen molar-refractivity contribution < 1.29 is 4.42 Å². The average molecular weight is 219 g/mol. The lowest BCUT2D eigenvalue weighted by Gasteiger charge is -2.38. The van der Waals surface area contributed by atoms with E-state index in [0.29, 0.717) is 4.75 Å². The minimum atomic E-state index is 0.307. The molecular formula is C12H13NOS. The first-order chi connectivity index (χ1) is 7.17. The molecule has 1 aliphatic heterocycles. The average Bonchev–Trinajstić information content (AvgIpc) is 2.53. The molecule has 3 rings (SSSR count). The molecule has 1 saturated heterocycles. The third kappa shape index (κ3) is 1.37. The van der Waals surface area contributed by atoms with Crippen LogP contribution in [0.15, 0.2) is 22.6 Å². The molecule has 2 nitrogen and oxygen atoms in total. The summed E-state index contributed by atoms with van der Waals surface area (Å²) in [5, 5.41) is 0. The van der Waals surface area contributed by atoms with Crippen LogP contribution in [0.2, 0.25) is 0 Å². The van der Waals surface area contributed by atoms with E-state index in [2.05, 4.69) is 24.0 Å². The van der Waals surface area contributed by atoms with Gasteiger partial charge in [-0.3, -0.25) is 0 Å². The summed E-state index contributed by atoms with van der Waals surface area (Å²) in [6.07, 6.45) is 1.26. The van der Waals surface area contributed by atoms with Crippen molar-refractivity contribution in [2.75, 3.05) is 5.75 Å². The summed E-state index contributed by atoms with van der Waals surface area (Å²) in [5.41, 5.74) is 3.25. The van der Waals surface area contributed by atoms with Crippen molar-refractivity contribution in [1.29, 1.82) is 0 Å². The van der Waals surface area contributed by atoms with Crippen LogP contribution in [-0.4, -0.2) is 10.7 Å². The zero-order valence-electron chi connectivity index (χ0n) is 8.91. The molecule has 0 saturated carbocycles. The number of fused-ring (bicyclic) bond motifs is 1. The van der Waals surface area contributed by atoms with E-state index >= 15 is 0 Å².